The topological polar surface area (TPSA) is 47.6 Å². The van der Waals surface area contributed by atoms with Gasteiger partial charge in [-0.05, 0) is 58.4 Å². The van der Waals surface area contributed by atoms with Crippen LogP contribution >= 0.6 is 15.9 Å². The minimum Gasteiger partial charge on any atom is -0.490 e. The highest BCUT2D eigenvalue weighted by molar-refractivity contribution is 9.10. The monoisotopic (exact) mass is 429 g/mol. The molecule has 0 aromatic heterocycles. The first kappa shape index (κ1) is 18.9. The van der Waals surface area contributed by atoms with Gasteiger partial charge >= 0.3 is 0 Å². The van der Waals surface area contributed by atoms with Gasteiger partial charge in [0.25, 0.3) is 5.91 Å². The maximum atomic E-state index is 13.6. The molecule has 0 aliphatic heterocycles. The van der Waals surface area contributed by atoms with Crippen molar-refractivity contribution >= 4 is 27.5 Å². The number of anilines is 1. The summed E-state index contributed by atoms with van der Waals surface area (Å²) >= 11 is 3.39. The number of amides is 1. The Balaban J connectivity index is 1.55. The molecule has 0 unspecified atom stereocenters. The highest BCUT2D eigenvalue weighted by Gasteiger charge is 2.11. The summed E-state index contributed by atoms with van der Waals surface area (Å²) < 4.78 is 25.5. The second-order valence-electron chi connectivity index (χ2n) is 5.59. The zero-order chi connectivity index (χ0) is 19.1. The number of rotatable bonds is 7. The van der Waals surface area contributed by atoms with Gasteiger partial charge in [-0.2, -0.15) is 0 Å². The molecule has 0 aliphatic carbocycles. The van der Waals surface area contributed by atoms with E-state index < -0.39 is 11.7 Å². The van der Waals surface area contributed by atoms with E-state index in [0.29, 0.717) is 29.0 Å². The third-order valence-corrected chi connectivity index (χ3v) is 4.29. The molecule has 0 aliphatic rings. The molecule has 0 bridgehead atoms. The highest BCUT2D eigenvalue weighted by atomic mass is 79.9. The minimum atomic E-state index is -0.483. The van der Waals surface area contributed by atoms with Crippen LogP contribution in [0.5, 0.6) is 11.5 Å². The van der Waals surface area contributed by atoms with Crippen LogP contribution in [-0.4, -0.2) is 19.1 Å². The van der Waals surface area contributed by atoms with Crippen LogP contribution in [0.25, 0.3) is 0 Å². The zero-order valence-corrected chi connectivity index (χ0v) is 15.9. The van der Waals surface area contributed by atoms with Gasteiger partial charge in [0.1, 0.15) is 30.5 Å². The van der Waals surface area contributed by atoms with Gasteiger partial charge < -0.3 is 14.8 Å². The number of halogens is 2. The molecule has 0 radical (unpaired) electrons. The smallest absolute Gasteiger partial charge is 0.255 e. The second-order valence-corrected chi connectivity index (χ2v) is 6.44. The van der Waals surface area contributed by atoms with Crippen LogP contribution in [-0.2, 0) is 0 Å². The Hall–Kier alpha value is -2.86. The normalized spacial score (nSPS) is 10.3. The van der Waals surface area contributed by atoms with E-state index >= 15 is 0 Å². The number of carbonyl (C=O) groups excluding carboxylic acids is 1. The predicted molar refractivity (Wildman–Crippen MR) is 106 cm³/mol. The van der Waals surface area contributed by atoms with Crippen molar-refractivity contribution in [1.29, 1.82) is 0 Å². The first-order valence-corrected chi connectivity index (χ1v) is 9.09. The summed E-state index contributed by atoms with van der Waals surface area (Å²) in [6, 6.07) is 20.4. The number of hydrogen-bond donors (Lipinski definition) is 1. The van der Waals surface area contributed by atoms with Crippen molar-refractivity contribution in [1.82, 2.24) is 0 Å². The van der Waals surface area contributed by atoms with Crippen LogP contribution in [0, 0.1) is 5.82 Å². The summed E-state index contributed by atoms with van der Waals surface area (Å²) in [7, 11) is 0. The fourth-order valence-electron chi connectivity index (χ4n) is 2.34. The first-order chi connectivity index (χ1) is 13.1. The highest BCUT2D eigenvalue weighted by Crippen LogP contribution is 2.26. The standard InChI is InChI=1S/C21H17BrFNO3/c22-17-14-15(21(25)24-19-9-5-4-8-18(19)23)10-11-20(17)27-13-12-26-16-6-2-1-3-7-16/h1-11,14H,12-13H2,(H,24,25). The van der Waals surface area contributed by atoms with Crippen LogP contribution in [0.1, 0.15) is 10.4 Å². The molecular formula is C21H17BrFNO3. The molecule has 6 heteroatoms. The van der Waals surface area contributed by atoms with E-state index in [2.05, 4.69) is 21.2 Å². The van der Waals surface area contributed by atoms with E-state index in [9.17, 15) is 9.18 Å². The van der Waals surface area contributed by atoms with E-state index in [1.807, 2.05) is 30.3 Å². The Morgan fingerprint density at radius 1 is 0.926 bits per heavy atom. The molecule has 0 saturated carbocycles. The van der Waals surface area contributed by atoms with Crippen molar-refractivity contribution in [2.45, 2.75) is 0 Å². The summed E-state index contributed by atoms with van der Waals surface area (Å²) in [6.07, 6.45) is 0. The maximum absolute atomic E-state index is 13.6. The van der Waals surface area contributed by atoms with Crippen LogP contribution in [0.4, 0.5) is 10.1 Å². The number of ether oxygens (including phenoxy) is 2. The van der Waals surface area contributed by atoms with Crippen molar-refractivity contribution in [2.24, 2.45) is 0 Å². The Labute approximate surface area is 165 Å². The number of carbonyl (C=O) groups is 1. The molecule has 0 fully saturated rings. The van der Waals surface area contributed by atoms with E-state index in [0.717, 1.165) is 5.75 Å². The van der Waals surface area contributed by atoms with E-state index in [-0.39, 0.29) is 5.69 Å². The van der Waals surface area contributed by atoms with Crippen LogP contribution in [0.3, 0.4) is 0 Å². The van der Waals surface area contributed by atoms with Crippen LogP contribution in [0.2, 0.25) is 0 Å². The average molecular weight is 430 g/mol. The second kappa shape index (κ2) is 9.19. The Morgan fingerprint density at radius 3 is 2.37 bits per heavy atom. The third-order valence-electron chi connectivity index (χ3n) is 3.67. The van der Waals surface area contributed by atoms with E-state index in [1.54, 1.807) is 30.3 Å². The average Bonchev–Trinajstić information content (AvgIpc) is 2.68. The Kier molecular flexibility index (Phi) is 6.44. The lowest BCUT2D eigenvalue weighted by Gasteiger charge is -2.11. The molecule has 4 nitrogen and oxygen atoms in total. The van der Waals surface area contributed by atoms with E-state index in [1.165, 1.54) is 12.1 Å². The zero-order valence-electron chi connectivity index (χ0n) is 14.3. The molecule has 3 rings (SSSR count). The van der Waals surface area contributed by atoms with Gasteiger partial charge in [0.05, 0.1) is 10.2 Å². The quantitative estimate of drug-likeness (QED) is 0.518. The number of hydrogen-bond acceptors (Lipinski definition) is 3. The lowest BCUT2D eigenvalue weighted by Crippen LogP contribution is -2.13. The summed E-state index contributed by atoms with van der Waals surface area (Å²) in [5.74, 6) is 0.484. The molecule has 1 N–H and O–H groups in total. The minimum absolute atomic E-state index is 0.136. The van der Waals surface area contributed by atoms with Crippen molar-refractivity contribution in [3.8, 4) is 11.5 Å². The maximum Gasteiger partial charge on any atom is 0.255 e. The van der Waals surface area contributed by atoms with Gasteiger partial charge in [0.2, 0.25) is 0 Å². The fraction of sp³-hybridized carbons (Fsp3) is 0.0952. The van der Waals surface area contributed by atoms with Crippen molar-refractivity contribution in [3.05, 3.63) is 88.6 Å². The van der Waals surface area contributed by atoms with Gasteiger partial charge in [-0.15, -0.1) is 0 Å². The largest absolute Gasteiger partial charge is 0.490 e. The van der Waals surface area contributed by atoms with Gasteiger partial charge in [-0.25, -0.2) is 4.39 Å². The molecule has 1 amide bonds. The predicted octanol–water partition coefficient (Wildman–Crippen LogP) is 5.30. The van der Waals surface area contributed by atoms with Gasteiger partial charge in [-0.3, -0.25) is 4.79 Å². The first-order valence-electron chi connectivity index (χ1n) is 8.29. The molecule has 0 atom stereocenters. The fourth-order valence-corrected chi connectivity index (χ4v) is 2.84. The number of para-hydroxylation sites is 2. The summed E-state index contributed by atoms with van der Waals surface area (Å²) in [5, 5.41) is 2.55. The lowest BCUT2D eigenvalue weighted by molar-refractivity contribution is 0.102. The molecule has 27 heavy (non-hydrogen) atoms. The molecule has 0 heterocycles. The molecule has 3 aromatic rings. The molecule has 3 aromatic carbocycles. The number of benzene rings is 3. The summed E-state index contributed by atoms with van der Waals surface area (Å²) in [5.41, 5.74) is 0.523. The van der Waals surface area contributed by atoms with Crippen molar-refractivity contribution < 1.29 is 18.7 Å². The third kappa shape index (κ3) is 5.31. The number of nitrogens with one attached hydrogen (secondary N) is 1. The molecule has 0 saturated heterocycles. The summed E-state index contributed by atoms with van der Waals surface area (Å²) in [4.78, 5) is 12.3. The molecular weight excluding hydrogens is 413 g/mol. The molecule has 0 spiro atoms. The van der Waals surface area contributed by atoms with Crippen LogP contribution < -0.4 is 14.8 Å². The Bertz CT molecular complexity index is 918. The molecule has 138 valence electrons. The van der Waals surface area contributed by atoms with Gasteiger partial charge in [0, 0.05) is 5.56 Å². The van der Waals surface area contributed by atoms with Crippen molar-refractivity contribution in [2.75, 3.05) is 18.5 Å². The van der Waals surface area contributed by atoms with Crippen LogP contribution in [0.15, 0.2) is 77.3 Å². The SMILES string of the molecule is O=C(Nc1ccccc1F)c1ccc(OCCOc2ccccc2)c(Br)c1. The van der Waals surface area contributed by atoms with E-state index in [4.69, 9.17) is 9.47 Å². The van der Waals surface area contributed by atoms with Gasteiger partial charge in [-0.1, -0.05) is 30.3 Å². The lowest BCUT2D eigenvalue weighted by atomic mass is 10.2. The Morgan fingerprint density at radius 2 is 1.63 bits per heavy atom. The van der Waals surface area contributed by atoms with Gasteiger partial charge in [0.15, 0.2) is 0 Å². The van der Waals surface area contributed by atoms with Crippen molar-refractivity contribution in [3.63, 3.8) is 0 Å². The summed E-state index contributed by atoms with van der Waals surface area (Å²) in [6.45, 7) is 0.750.